The molecule has 0 saturated carbocycles. The van der Waals surface area contributed by atoms with Gasteiger partial charge in [0.15, 0.2) is 0 Å². The molecule has 94 valence electrons. The van der Waals surface area contributed by atoms with E-state index in [1.54, 1.807) is 12.1 Å². The van der Waals surface area contributed by atoms with Gasteiger partial charge in [0.05, 0.1) is 5.69 Å². The Morgan fingerprint density at radius 2 is 1.84 bits per heavy atom. The van der Waals surface area contributed by atoms with Gasteiger partial charge in [-0.3, -0.25) is 0 Å². The fourth-order valence-electron chi connectivity index (χ4n) is 2.09. The minimum atomic E-state index is -0.362. The highest BCUT2D eigenvalue weighted by Crippen LogP contribution is 2.29. The van der Waals surface area contributed by atoms with Crippen LogP contribution >= 0.6 is 11.6 Å². The number of nitrogens with one attached hydrogen (secondary N) is 1. The Morgan fingerprint density at radius 1 is 1.11 bits per heavy atom. The molecule has 1 N–H and O–H groups in total. The summed E-state index contributed by atoms with van der Waals surface area (Å²) < 4.78 is 0. The molecule has 0 fully saturated rings. The molecule has 1 unspecified atom stereocenters. The van der Waals surface area contributed by atoms with Crippen molar-refractivity contribution >= 4 is 29.4 Å². The summed E-state index contributed by atoms with van der Waals surface area (Å²) >= 11 is 5.87. The first-order valence-electron chi connectivity index (χ1n) is 5.93. The lowest BCUT2D eigenvalue weighted by Gasteiger charge is -2.23. The maximum Gasteiger partial charge on any atom is 0.146 e. The molecule has 0 bridgehead atoms. The van der Waals surface area contributed by atoms with Crippen molar-refractivity contribution in [1.29, 1.82) is 0 Å². The quantitative estimate of drug-likeness (QED) is 0.851. The zero-order valence-corrected chi connectivity index (χ0v) is 10.8. The number of rotatable bonds is 2. The second-order valence-corrected chi connectivity index (χ2v) is 4.72. The number of aldehydes is 1. The van der Waals surface area contributed by atoms with Crippen molar-refractivity contribution in [3.8, 4) is 0 Å². The fraction of sp³-hybridized carbons (Fsp3) is 0.0667. The number of halogens is 1. The van der Waals surface area contributed by atoms with Crippen LogP contribution in [0.3, 0.4) is 0 Å². The monoisotopic (exact) mass is 270 g/mol. The van der Waals surface area contributed by atoms with Gasteiger partial charge in [0, 0.05) is 16.1 Å². The lowest BCUT2D eigenvalue weighted by Crippen LogP contribution is -2.32. The van der Waals surface area contributed by atoms with E-state index in [1.807, 2.05) is 36.4 Å². The normalized spacial score (nSPS) is 17.1. The topological polar surface area (TPSA) is 41.5 Å². The summed E-state index contributed by atoms with van der Waals surface area (Å²) in [7, 11) is 0. The minimum Gasteiger partial charge on any atom is -0.356 e. The molecular formula is C15H11ClN2O. The Balaban J connectivity index is 2.07. The van der Waals surface area contributed by atoms with Gasteiger partial charge < -0.3 is 10.1 Å². The van der Waals surface area contributed by atoms with Gasteiger partial charge in [-0.15, -0.1) is 0 Å². The van der Waals surface area contributed by atoms with Crippen molar-refractivity contribution in [2.45, 2.75) is 6.04 Å². The van der Waals surface area contributed by atoms with Crippen molar-refractivity contribution < 1.29 is 4.79 Å². The minimum absolute atomic E-state index is 0.362. The highest BCUT2D eigenvalue weighted by atomic mass is 35.5. The van der Waals surface area contributed by atoms with Crippen molar-refractivity contribution in [2.24, 2.45) is 4.99 Å². The Morgan fingerprint density at radius 3 is 2.58 bits per heavy atom. The third-order valence-corrected chi connectivity index (χ3v) is 3.30. The maximum absolute atomic E-state index is 11.2. The van der Waals surface area contributed by atoms with Crippen molar-refractivity contribution in [1.82, 2.24) is 5.32 Å². The van der Waals surface area contributed by atoms with E-state index in [-0.39, 0.29) is 6.04 Å². The Kier molecular flexibility index (Phi) is 3.05. The number of hydrogen-bond donors (Lipinski definition) is 1. The summed E-state index contributed by atoms with van der Waals surface area (Å²) in [5, 5.41) is 3.81. The van der Waals surface area contributed by atoms with E-state index in [2.05, 4.69) is 10.3 Å². The number of fused-ring (bicyclic) bond motifs is 1. The van der Waals surface area contributed by atoms with Crippen LogP contribution in [0.4, 0.5) is 5.69 Å². The second-order valence-electron chi connectivity index (χ2n) is 4.28. The zero-order chi connectivity index (χ0) is 13.2. The van der Waals surface area contributed by atoms with E-state index in [0.29, 0.717) is 10.9 Å². The molecule has 0 spiro atoms. The van der Waals surface area contributed by atoms with Crippen LogP contribution < -0.4 is 5.32 Å². The number of aliphatic imine (C=N–C) groups is 1. The Bertz CT molecular complexity index is 649. The second kappa shape index (κ2) is 4.86. The molecule has 19 heavy (non-hydrogen) atoms. The number of nitrogens with zero attached hydrogens (tertiary/aromatic N) is 1. The molecule has 2 aromatic carbocycles. The lowest BCUT2D eigenvalue weighted by molar-refractivity contribution is -0.109. The van der Waals surface area contributed by atoms with Gasteiger partial charge in [-0.2, -0.15) is 0 Å². The average Bonchev–Trinajstić information content (AvgIpc) is 2.47. The summed E-state index contributed by atoms with van der Waals surface area (Å²) in [4.78, 5) is 15.8. The predicted octanol–water partition coefficient (Wildman–Crippen LogP) is 3.26. The molecule has 3 rings (SSSR count). The van der Waals surface area contributed by atoms with Crippen LogP contribution in [0.15, 0.2) is 53.5 Å². The third kappa shape index (κ3) is 2.25. The van der Waals surface area contributed by atoms with Crippen LogP contribution in [0.25, 0.3) is 0 Å². The van der Waals surface area contributed by atoms with Crippen molar-refractivity contribution in [2.75, 3.05) is 0 Å². The van der Waals surface area contributed by atoms with Gasteiger partial charge in [0.1, 0.15) is 18.2 Å². The summed E-state index contributed by atoms with van der Waals surface area (Å²) in [5.74, 6) is 0.687. The van der Waals surface area contributed by atoms with E-state index >= 15 is 0 Å². The van der Waals surface area contributed by atoms with Crippen LogP contribution in [-0.4, -0.2) is 12.1 Å². The van der Waals surface area contributed by atoms with Gasteiger partial charge in [-0.05, 0) is 30.3 Å². The molecule has 1 aliphatic rings. The molecule has 2 aromatic rings. The molecule has 0 aromatic heterocycles. The molecule has 0 radical (unpaired) electrons. The van der Waals surface area contributed by atoms with Crippen molar-refractivity contribution in [3.05, 3.63) is 64.7 Å². The van der Waals surface area contributed by atoms with Gasteiger partial charge in [0.2, 0.25) is 0 Å². The highest BCUT2D eigenvalue weighted by molar-refractivity contribution is 6.30. The van der Waals surface area contributed by atoms with Gasteiger partial charge in [-0.25, -0.2) is 4.99 Å². The molecule has 1 heterocycles. The molecule has 1 atom stereocenters. The third-order valence-electron chi connectivity index (χ3n) is 3.05. The predicted molar refractivity (Wildman–Crippen MR) is 76.0 cm³/mol. The molecule has 4 heteroatoms. The van der Waals surface area contributed by atoms with E-state index < -0.39 is 0 Å². The first-order chi connectivity index (χ1) is 9.28. The molecule has 1 aliphatic heterocycles. The van der Waals surface area contributed by atoms with E-state index in [4.69, 9.17) is 11.6 Å². The first-order valence-corrected chi connectivity index (χ1v) is 6.31. The fourth-order valence-corrected chi connectivity index (χ4v) is 2.22. The van der Waals surface area contributed by atoms with Crippen LogP contribution in [0.5, 0.6) is 0 Å². The Hall–Kier alpha value is -2.13. The summed E-state index contributed by atoms with van der Waals surface area (Å²) in [5.41, 5.74) is 2.63. The van der Waals surface area contributed by atoms with E-state index in [0.717, 1.165) is 23.1 Å². The van der Waals surface area contributed by atoms with E-state index in [1.165, 1.54) is 0 Å². The molecule has 0 aliphatic carbocycles. The lowest BCUT2D eigenvalue weighted by atomic mass is 10.0. The van der Waals surface area contributed by atoms with Crippen LogP contribution in [0.2, 0.25) is 5.02 Å². The number of carbonyl (C=O) groups is 1. The molecule has 3 nitrogen and oxygen atoms in total. The number of amidine groups is 1. The number of para-hydroxylation sites is 1. The number of benzene rings is 2. The van der Waals surface area contributed by atoms with Gasteiger partial charge >= 0.3 is 0 Å². The smallest absolute Gasteiger partial charge is 0.146 e. The number of hydrogen-bond acceptors (Lipinski definition) is 3. The summed E-state index contributed by atoms with van der Waals surface area (Å²) in [6, 6.07) is 14.6. The van der Waals surface area contributed by atoms with Crippen LogP contribution in [0.1, 0.15) is 17.2 Å². The molecule has 0 saturated heterocycles. The molecule has 0 amide bonds. The maximum atomic E-state index is 11.2. The standard InChI is InChI=1S/C15H11ClN2O/c16-11-7-5-10(6-8-11)15-17-13-4-2-1-3-12(13)14(9-19)18-15/h1-9,14H,(H,17,18). The van der Waals surface area contributed by atoms with Crippen LogP contribution in [-0.2, 0) is 4.79 Å². The summed E-state index contributed by atoms with van der Waals surface area (Å²) in [6.07, 6.45) is 0.892. The molecular weight excluding hydrogens is 260 g/mol. The van der Waals surface area contributed by atoms with E-state index in [9.17, 15) is 4.79 Å². The zero-order valence-electron chi connectivity index (χ0n) is 10.0. The highest BCUT2D eigenvalue weighted by Gasteiger charge is 2.21. The number of carbonyl (C=O) groups excluding carboxylic acids is 1. The average molecular weight is 271 g/mol. The van der Waals surface area contributed by atoms with Crippen molar-refractivity contribution in [3.63, 3.8) is 0 Å². The first kappa shape index (κ1) is 11.9. The van der Waals surface area contributed by atoms with Gasteiger partial charge in [0.25, 0.3) is 0 Å². The van der Waals surface area contributed by atoms with Gasteiger partial charge in [-0.1, -0.05) is 29.8 Å². The van der Waals surface area contributed by atoms with Crippen LogP contribution in [0, 0.1) is 0 Å². The summed E-state index contributed by atoms with van der Waals surface area (Å²) in [6.45, 7) is 0. The largest absolute Gasteiger partial charge is 0.356 e. The Labute approximate surface area is 115 Å². The SMILES string of the molecule is O=CC1NC(c2ccc(Cl)cc2)=Nc2ccccc21.